The van der Waals surface area contributed by atoms with Gasteiger partial charge in [0.25, 0.3) is 0 Å². The molecule has 1 atom stereocenters. The zero-order chi connectivity index (χ0) is 13.3. The van der Waals surface area contributed by atoms with Crippen molar-refractivity contribution < 1.29 is 13.2 Å². The quantitative estimate of drug-likeness (QED) is 0.915. The van der Waals surface area contributed by atoms with Gasteiger partial charge in [-0.1, -0.05) is 22.7 Å². The van der Waals surface area contributed by atoms with E-state index in [0.29, 0.717) is 10.6 Å². The molecule has 3 nitrogen and oxygen atoms in total. The number of nitrogens with zero attached hydrogens (tertiary/aromatic N) is 2. The first-order valence-corrected chi connectivity index (χ1v) is 5.89. The lowest BCUT2D eigenvalue weighted by Crippen LogP contribution is -2.18. The Hall–Kier alpha value is -1.47. The molecule has 96 valence electrons. The Bertz CT molecular complexity index is 550. The van der Waals surface area contributed by atoms with Crippen LogP contribution < -0.4 is 5.73 Å². The Morgan fingerprint density at radius 1 is 1.28 bits per heavy atom. The molecule has 2 rings (SSSR count). The molecule has 0 aliphatic heterocycles. The van der Waals surface area contributed by atoms with Gasteiger partial charge in [-0.2, -0.15) is 13.2 Å². The molecule has 0 spiro atoms. The van der Waals surface area contributed by atoms with Crippen LogP contribution >= 0.6 is 11.5 Å². The minimum absolute atomic E-state index is 0.0409. The second-order valence-electron chi connectivity index (χ2n) is 3.79. The third-order valence-electron chi connectivity index (χ3n) is 2.57. The molecular formula is C11H10F3N3S. The summed E-state index contributed by atoms with van der Waals surface area (Å²) in [4.78, 5) is 0.548. The fraction of sp³-hybridized carbons (Fsp3) is 0.273. The van der Waals surface area contributed by atoms with Gasteiger partial charge in [-0.25, -0.2) is 0 Å². The molecule has 0 radical (unpaired) electrons. The smallest absolute Gasteiger partial charge is 0.319 e. The van der Waals surface area contributed by atoms with Gasteiger partial charge in [0.1, 0.15) is 0 Å². The molecule has 7 heteroatoms. The lowest BCUT2D eigenvalue weighted by atomic mass is 9.99. The van der Waals surface area contributed by atoms with Crippen molar-refractivity contribution in [2.24, 2.45) is 5.73 Å². The Morgan fingerprint density at radius 2 is 1.94 bits per heavy atom. The van der Waals surface area contributed by atoms with Crippen LogP contribution in [0.25, 0.3) is 0 Å². The van der Waals surface area contributed by atoms with E-state index in [0.717, 1.165) is 17.6 Å². The van der Waals surface area contributed by atoms with Crippen molar-refractivity contribution in [1.29, 1.82) is 0 Å². The highest BCUT2D eigenvalue weighted by atomic mass is 32.1. The fourth-order valence-electron chi connectivity index (χ4n) is 1.69. The first-order valence-electron chi connectivity index (χ1n) is 5.12. The molecule has 0 saturated heterocycles. The molecule has 1 aromatic carbocycles. The Kier molecular flexibility index (Phi) is 3.36. The van der Waals surface area contributed by atoms with Gasteiger partial charge >= 0.3 is 6.18 Å². The summed E-state index contributed by atoms with van der Waals surface area (Å²) < 4.78 is 42.3. The van der Waals surface area contributed by atoms with E-state index in [1.54, 1.807) is 6.92 Å². The van der Waals surface area contributed by atoms with Crippen molar-refractivity contribution >= 4 is 11.5 Å². The Labute approximate surface area is 106 Å². The first-order chi connectivity index (χ1) is 8.41. The van der Waals surface area contributed by atoms with Gasteiger partial charge in [0.2, 0.25) is 0 Å². The van der Waals surface area contributed by atoms with E-state index >= 15 is 0 Å². The van der Waals surface area contributed by atoms with Crippen molar-refractivity contribution in [2.75, 3.05) is 0 Å². The highest BCUT2D eigenvalue weighted by Gasteiger charge is 2.35. The number of aromatic nitrogens is 2. The van der Waals surface area contributed by atoms with Crippen LogP contribution in [0.4, 0.5) is 13.2 Å². The second kappa shape index (κ2) is 4.66. The van der Waals surface area contributed by atoms with Crippen LogP contribution in [0.15, 0.2) is 24.3 Å². The lowest BCUT2D eigenvalue weighted by molar-refractivity contribution is -0.138. The number of rotatable bonds is 2. The van der Waals surface area contributed by atoms with E-state index in [1.807, 2.05) is 0 Å². The summed E-state index contributed by atoms with van der Waals surface area (Å²) in [6.45, 7) is 1.68. The predicted octanol–water partition coefficient (Wildman–Crippen LogP) is 2.91. The Balaban J connectivity index is 2.49. The molecule has 1 unspecified atom stereocenters. The maximum Gasteiger partial charge on any atom is 0.416 e. The average molecular weight is 273 g/mol. The molecule has 1 aromatic heterocycles. The van der Waals surface area contributed by atoms with Gasteiger partial charge in [-0.05, 0) is 30.1 Å². The molecule has 2 aromatic rings. The number of alkyl halides is 3. The molecule has 2 N–H and O–H groups in total. The minimum atomic E-state index is -4.42. The van der Waals surface area contributed by atoms with Crippen molar-refractivity contribution in [3.63, 3.8) is 0 Å². The predicted molar refractivity (Wildman–Crippen MR) is 62.1 cm³/mol. The van der Waals surface area contributed by atoms with E-state index in [1.165, 1.54) is 18.2 Å². The van der Waals surface area contributed by atoms with E-state index in [-0.39, 0.29) is 5.56 Å². The molecular weight excluding hydrogens is 263 g/mol. The van der Waals surface area contributed by atoms with Crippen LogP contribution in [0.1, 0.15) is 27.7 Å². The lowest BCUT2D eigenvalue weighted by Gasteiger charge is -2.17. The molecule has 0 aliphatic carbocycles. The van der Waals surface area contributed by atoms with E-state index < -0.39 is 17.8 Å². The molecule has 0 saturated carbocycles. The SMILES string of the molecule is Cc1nnsc1C(N)c1ccccc1C(F)(F)F. The summed E-state index contributed by atoms with van der Waals surface area (Å²) in [5, 5.41) is 3.76. The Morgan fingerprint density at radius 3 is 2.50 bits per heavy atom. The van der Waals surface area contributed by atoms with Gasteiger partial charge in [0, 0.05) is 0 Å². The summed E-state index contributed by atoms with van der Waals surface area (Å²) in [5.74, 6) is 0. The highest BCUT2D eigenvalue weighted by molar-refractivity contribution is 7.05. The number of hydrogen-bond acceptors (Lipinski definition) is 4. The van der Waals surface area contributed by atoms with Gasteiger partial charge in [-0.3, -0.25) is 0 Å². The average Bonchev–Trinajstić information content (AvgIpc) is 2.73. The summed E-state index contributed by atoms with van der Waals surface area (Å²) in [6.07, 6.45) is -4.42. The summed E-state index contributed by atoms with van der Waals surface area (Å²) in [7, 11) is 0. The minimum Gasteiger partial charge on any atom is -0.319 e. The van der Waals surface area contributed by atoms with Gasteiger partial charge in [0.05, 0.1) is 22.2 Å². The summed E-state index contributed by atoms with van der Waals surface area (Å²) in [6, 6.07) is 4.43. The van der Waals surface area contributed by atoms with Crippen molar-refractivity contribution in [2.45, 2.75) is 19.1 Å². The zero-order valence-electron chi connectivity index (χ0n) is 9.40. The molecule has 0 aliphatic rings. The number of hydrogen-bond donors (Lipinski definition) is 1. The summed E-state index contributed by atoms with van der Waals surface area (Å²) in [5.41, 5.74) is 5.77. The monoisotopic (exact) mass is 273 g/mol. The molecule has 0 bridgehead atoms. The van der Waals surface area contributed by atoms with Crippen LogP contribution in [0.3, 0.4) is 0 Å². The van der Waals surface area contributed by atoms with Crippen molar-refractivity contribution in [1.82, 2.24) is 9.59 Å². The number of halogens is 3. The highest BCUT2D eigenvalue weighted by Crippen LogP contribution is 2.36. The number of benzene rings is 1. The van der Waals surface area contributed by atoms with Crippen LogP contribution in [-0.4, -0.2) is 9.59 Å². The third kappa shape index (κ3) is 2.37. The van der Waals surface area contributed by atoms with Gasteiger partial charge in [-0.15, -0.1) is 5.10 Å². The molecule has 0 amide bonds. The molecule has 1 heterocycles. The van der Waals surface area contributed by atoms with Crippen molar-refractivity contribution in [3.05, 3.63) is 46.0 Å². The van der Waals surface area contributed by atoms with Crippen LogP contribution in [-0.2, 0) is 6.18 Å². The van der Waals surface area contributed by atoms with Gasteiger partial charge < -0.3 is 5.73 Å². The van der Waals surface area contributed by atoms with E-state index in [2.05, 4.69) is 9.59 Å². The summed E-state index contributed by atoms with van der Waals surface area (Å²) >= 11 is 1.02. The second-order valence-corrected chi connectivity index (χ2v) is 4.57. The van der Waals surface area contributed by atoms with Crippen molar-refractivity contribution in [3.8, 4) is 0 Å². The van der Waals surface area contributed by atoms with Crippen LogP contribution in [0.5, 0.6) is 0 Å². The van der Waals surface area contributed by atoms with Crippen LogP contribution in [0, 0.1) is 6.92 Å². The van der Waals surface area contributed by atoms with Crippen LogP contribution in [0.2, 0.25) is 0 Å². The topological polar surface area (TPSA) is 51.8 Å². The largest absolute Gasteiger partial charge is 0.416 e. The number of aryl methyl sites for hydroxylation is 1. The maximum atomic E-state index is 12.9. The fourth-order valence-corrected chi connectivity index (χ4v) is 2.36. The number of nitrogens with two attached hydrogens (primary N) is 1. The van der Waals surface area contributed by atoms with Gasteiger partial charge in [0.15, 0.2) is 0 Å². The van der Waals surface area contributed by atoms with E-state index in [4.69, 9.17) is 5.73 Å². The third-order valence-corrected chi connectivity index (χ3v) is 3.48. The standard InChI is InChI=1S/C11H10F3N3S/c1-6-10(18-17-16-6)9(15)7-4-2-3-5-8(7)11(12,13)14/h2-5,9H,15H2,1H3. The normalized spacial score (nSPS) is 13.6. The molecule has 0 fully saturated rings. The van der Waals surface area contributed by atoms with E-state index in [9.17, 15) is 13.2 Å². The first kappa shape index (κ1) is 13.0. The maximum absolute atomic E-state index is 12.9. The molecule has 18 heavy (non-hydrogen) atoms. The zero-order valence-corrected chi connectivity index (χ0v) is 10.2.